The van der Waals surface area contributed by atoms with Crippen molar-refractivity contribution < 1.29 is 14.6 Å². The van der Waals surface area contributed by atoms with Crippen LogP contribution >= 0.6 is 0 Å². The lowest BCUT2D eigenvalue weighted by Crippen LogP contribution is -2.52. The summed E-state index contributed by atoms with van der Waals surface area (Å²) < 4.78 is 5.45. The number of nitrogens with two attached hydrogens (primary N) is 1. The second-order valence-electron chi connectivity index (χ2n) is 5.97. The number of rotatable bonds is 6. The van der Waals surface area contributed by atoms with E-state index >= 15 is 0 Å². The maximum Gasteiger partial charge on any atom is 0.223 e. The quantitative estimate of drug-likeness (QED) is 0.742. The standard InChI is InChI=1S/C14H28N2O3/c1-10(2)4-12(6-15)5-14(18)16-7-13(8-17)19-9-11(16)3/h10-13,17H,4-9,15H2,1-3H3. The first kappa shape index (κ1) is 16.4. The SMILES string of the molecule is CC(C)CC(CN)CC(=O)N1CC(CO)OCC1C. The summed E-state index contributed by atoms with van der Waals surface area (Å²) in [6.07, 6.45) is 1.23. The second kappa shape index (κ2) is 7.82. The van der Waals surface area contributed by atoms with Gasteiger partial charge in [-0.25, -0.2) is 0 Å². The topological polar surface area (TPSA) is 75.8 Å². The third-order valence-electron chi connectivity index (χ3n) is 3.63. The molecule has 0 aromatic carbocycles. The molecular weight excluding hydrogens is 244 g/mol. The fraction of sp³-hybridized carbons (Fsp3) is 0.929. The van der Waals surface area contributed by atoms with Crippen LogP contribution in [0, 0.1) is 11.8 Å². The van der Waals surface area contributed by atoms with Gasteiger partial charge in [0.1, 0.15) is 0 Å². The van der Waals surface area contributed by atoms with Crippen LogP contribution in [0.4, 0.5) is 0 Å². The van der Waals surface area contributed by atoms with Crippen LogP contribution in [-0.4, -0.2) is 54.4 Å². The van der Waals surface area contributed by atoms with Gasteiger partial charge in [-0.1, -0.05) is 13.8 Å². The zero-order valence-corrected chi connectivity index (χ0v) is 12.3. The fourth-order valence-corrected chi connectivity index (χ4v) is 2.57. The Morgan fingerprint density at radius 3 is 2.74 bits per heavy atom. The highest BCUT2D eigenvalue weighted by Crippen LogP contribution is 2.19. The molecule has 1 amide bonds. The van der Waals surface area contributed by atoms with Crippen molar-refractivity contribution in [2.24, 2.45) is 17.6 Å². The molecule has 1 aliphatic heterocycles. The van der Waals surface area contributed by atoms with Crippen LogP contribution in [0.1, 0.15) is 33.6 Å². The van der Waals surface area contributed by atoms with E-state index in [9.17, 15) is 4.79 Å². The van der Waals surface area contributed by atoms with E-state index in [-0.39, 0.29) is 30.6 Å². The van der Waals surface area contributed by atoms with Crippen molar-refractivity contribution in [1.29, 1.82) is 0 Å². The summed E-state index contributed by atoms with van der Waals surface area (Å²) in [5.74, 6) is 0.925. The maximum atomic E-state index is 12.4. The van der Waals surface area contributed by atoms with Crippen LogP contribution in [0.15, 0.2) is 0 Å². The highest BCUT2D eigenvalue weighted by molar-refractivity contribution is 5.77. The molecule has 112 valence electrons. The largest absolute Gasteiger partial charge is 0.394 e. The average molecular weight is 272 g/mol. The highest BCUT2D eigenvalue weighted by Gasteiger charge is 2.30. The number of aliphatic hydroxyl groups is 1. The molecule has 1 fully saturated rings. The van der Waals surface area contributed by atoms with Crippen LogP contribution in [-0.2, 0) is 9.53 Å². The molecule has 0 aliphatic carbocycles. The van der Waals surface area contributed by atoms with Gasteiger partial charge < -0.3 is 20.5 Å². The zero-order chi connectivity index (χ0) is 14.4. The van der Waals surface area contributed by atoms with Crippen molar-refractivity contribution in [3.63, 3.8) is 0 Å². The number of hydrogen-bond acceptors (Lipinski definition) is 4. The number of carbonyl (C=O) groups excluding carboxylic acids is 1. The molecule has 5 nitrogen and oxygen atoms in total. The van der Waals surface area contributed by atoms with Gasteiger partial charge in [-0.05, 0) is 31.7 Å². The highest BCUT2D eigenvalue weighted by atomic mass is 16.5. The number of aliphatic hydroxyl groups excluding tert-OH is 1. The number of ether oxygens (including phenoxy) is 1. The first-order valence-electron chi connectivity index (χ1n) is 7.19. The molecule has 0 spiro atoms. The van der Waals surface area contributed by atoms with E-state index < -0.39 is 0 Å². The van der Waals surface area contributed by atoms with Gasteiger partial charge in [0.05, 0.1) is 25.4 Å². The van der Waals surface area contributed by atoms with E-state index in [1.165, 1.54) is 0 Å². The maximum absolute atomic E-state index is 12.4. The lowest BCUT2D eigenvalue weighted by atomic mass is 9.93. The molecule has 1 aliphatic rings. The Labute approximate surface area is 116 Å². The minimum Gasteiger partial charge on any atom is -0.394 e. The van der Waals surface area contributed by atoms with Gasteiger partial charge in [0, 0.05) is 13.0 Å². The lowest BCUT2D eigenvalue weighted by Gasteiger charge is -2.38. The Bertz CT molecular complexity index is 284. The molecule has 3 unspecified atom stereocenters. The summed E-state index contributed by atoms with van der Waals surface area (Å²) in [5, 5.41) is 9.14. The van der Waals surface area contributed by atoms with Crippen molar-refractivity contribution >= 4 is 5.91 Å². The summed E-state index contributed by atoms with van der Waals surface area (Å²) >= 11 is 0. The van der Waals surface area contributed by atoms with E-state index in [0.29, 0.717) is 32.0 Å². The number of carbonyl (C=O) groups is 1. The smallest absolute Gasteiger partial charge is 0.223 e. The molecule has 0 aromatic rings. The Kier molecular flexibility index (Phi) is 6.75. The van der Waals surface area contributed by atoms with Gasteiger partial charge >= 0.3 is 0 Å². The number of hydrogen-bond donors (Lipinski definition) is 2. The molecular formula is C14H28N2O3. The van der Waals surface area contributed by atoms with Crippen LogP contribution < -0.4 is 5.73 Å². The monoisotopic (exact) mass is 272 g/mol. The summed E-state index contributed by atoms with van der Waals surface area (Å²) in [6.45, 7) is 7.75. The lowest BCUT2D eigenvalue weighted by molar-refractivity contribution is -0.147. The number of amides is 1. The van der Waals surface area contributed by atoms with Gasteiger partial charge in [-0.3, -0.25) is 4.79 Å². The van der Waals surface area contributed by atoms with Crippen LogP contribution in [0.3, 0.4) is 0 Å². The van der Waals surface area contributed by atoms with E-state index in [0.717, 1.165) is 6.42 Å². The van der Waals surface area contributed by atoms with Crippen molar-refractivity contribution in [3.05, 3.63) is 0 Å². The molecule has 0 saturated carbocycles. The van der Waals surface area contributed by atoms with Crippen molar-refractivity contribution in [3.8, 4) is 0 Å². The summed E-state index contributed by atoms with van der Waals surface area (Å²) in [6, 6.07) is 0.0766. The Balaban J connectivity index is 2.54. The first-order chi connectivity index (χ1) is 8.97. The van der Waals surface area contributed by atoms with Gasteiger partial charge in [0.15, 0.2) is 0 Å². The molecule has 0 radical (unpaired) electrons. The summed E-state index contributed by atoms with van der Waals surface area (Å²) in [7, 11) is 0. The minimum absolute atomic E-state index is 0.0389. The van der Waals surface area contributed by atoms with Gasteiger partial charge in [-0.2, -0.15) is 0 Å². The Morgan fingerprint density at radius 2 is 2.21 bits per heavy atom. The molecule has 3 N–H and O–H groups in total. The summed E-state index contributed by atoms with van der Waals surface area (Å²) in [4.78, 5) is 14.2. The van der Waals surface area contributed by atoms with Crippen molar-refractivity contribution in [2.45, 2.75) is 45.8 Å². The van der Waals surface area contributed by atoms with Crippen LogP contribution in [0.5, 0.6) is 0 Å². The van der Waals surface area contributed by atoms with E-state index in [1.54, 1.807) is 0 Å². The zero-order valence-electron chi connectivity index (χ0n) is 12.3. The number of morpholine rings is 1. The Hall–Kier alpha value is -0.650. The fourth-order valence-electron chi connectivity index (χ4n) is 2.57. The van der Waals surface area contributed by atoms with Gasteiger partial charge in [0.2, 0.25) is 5.91 Å². The molecule has 3 atom stereocenters. The van der Waals surface area contributed by atoms with Crippen LogP contribution in [0.2, 0.25) is 0 Å². The van der Waals surface area contributed by atoms with E-state index in [4.69, 9.17) is 15.6 Å². The normalized spacial score (nSPS) is 25.7. The minimum atomic E-state index is -0.249. The molecule has 0 aromatic heterocycles. The molecule has 0 bridgehead atoms. The molecule has 1 heterocycles. The van der Waals surface area contributed by atoms with Crippen LogP contribution in [0.25, 0.3) is 0 Å². The predicted octanol–water partition coefficient (Wildman–Crippen LogP) is 0.606. The summed E-state index contributed by atoms with van der Waals surface area (Å²) in [5.41, 5.74) is 5.75. The molecule has 19 heavy (non-hydrogen) atoms. The first-order valence-corrected chi connectivity index (χ1v) is 7.19. The van der Waals surface area contributed by atoms with Gasteiger partial charge in [-0.15, -0.1) is 0 Å². The average Bonchev–Trinajstić information content (AvgIpc) is 2.37. The Morgan fingerprint density at radius 1 is 1.53 bits per heavy atom. The van der Waals surface area contributed by atoms with E-state index in [1.807, 2.05) is 11.8 Å². The molecule has 1 rings (SSSR count). The predicted molar refractivity (Wildman–Crippen MR) is 74.6 cm³/mol. The van der Waals surface area contributed by atoms with Crippen molar-refractivity contribution in [2.75, 3.05) is 26.3 Å². The second-order valence-corrected chi connectivity index (χ2v) is 5.97. The number of nitrogens with zero attached hydrogens (tertiary/aromatic N) is 1. The van der Waals surface area contributed by atoms with Gasteiger partial charge in [0.25, 0.3) is 0 Å². The van der Waals surface area contributed by atoms with Crippen molar-refractivity contribution in [1.82, 2.24) is 4.90 Å². The van der Waals surface area contributed by atoms with E-state index in [2.05, 4.69) is 13.8 Å². The third kappa shape index (κ3) is 5.09. The third-order valence-corrected chi connectivity index (χ3v) is 3.63. The molecule has 1 saturated heterocycles. The molecule has 5 heteroatoms.